The maximum atomic E-state index is 11.1. The van der Waals surface area contributed by atoms with Gasteiger partial charge in [0.2, 0.25) is 5.91 Å². The van der Waals surface area contributed by atoms with Gasteiger partial charge >= 0.3 is 0 Å². The van der Waals surface area contributed by atoms with Crippen molar-refractivity contribution in [2.24, 2.45) is 0 Å². The quantitative estimate of drug-likeness (QED) is 0.589. The molecule has 3 heteroatoms. The molecule has 0 radical (unpaired) electrons. The molecule has 1 saturated heterocycles. The normalized spacial score (nSPS) is 35.7. The van der Waals surface area contributed by atoms with Crippen molar-refractivity contribution in [2.45, 2.75) is 38.8 Å². The van der Waals surface area contributed by atoms with Gasteiger partial charge in [0.15, 0.2) is 0 Å². The van der Waals surface area contributed by atoms with Crippen LogP contribution in [-0.2, 0) is 9.53 Å². The third-order valence-corrected chi connectivity index (χ3v) is 2.66. The lowest BCUT2D eigenvalue weighted by Crippen LogP contribution is -2.35. The monoisotopic (exact) mass is 171 g/mol. The van der Waals surface area contributed by atoms with E-state index in [-0.39, 0.29) is 11.5 Å². The SMILES string of the molecule is CO[C@]1(C)CC(C)N(C(C)=O)C1. The minimum Gasteiger partial charge on any atom is -0.377 e. The van der Waals surface area contributed by atoms with E-state index in [0.717, 1.165) is 13.0 Å². The van der Waals surface area contributed by atoms with Gasteiger partial charge in [-0.15, -0.1) is 0 Å². The Morgan fingerprint density at radius 1 is 1.67 bits per heavy atom. The van der Waals surface area contributed by atoms with Crippen LogP contribution in [0.5, 0.6) is 0 Å². The molecule has 0 N–H and O–H groups in total. The van der Waals surface area contributed by atoms with Gasteiger partial charge in [0, 0.05) is 26.6 Å². The highest BCUT2D eigenvalue weighted by Gasteiger charge is 2.39. The maximum Gasteiger partial charge on any atom is 0.219 e. The summed E-state index contributed by atoms with van der Waals surface area (Å²) in [4.78, 5) is 13.0. The molecule has 2 atom stereocenters. The summed E-state index contributed by atoms with van der Waals surface area (Å²) < 4.78 is 5.36. The van der Waals surface area contributed by atoms with Gasteiger partial charge in [0.05, 0.1) is 5.60 Å². The molecule has 1 amide bonds. The topological polar surface area (TPSA) is 29.5 Å². The Morgan fingerprint density at radius 2 is 2.25 bits per heavy atom. The molecule has 0 aromatic carbocycles. The fourth-order valence-electron chi connectivity index (χ4n) is 1.89. The van der Waals surface area contributed by atoms with Crippen LogP contribution < -0.4 is 0 Å². The first-order valence-corrected chi connectivity index (χ1v) is 4.31. The van der Waals surface area contributed by atoms with E-state index in [0.29, 0.717) is 6.04 Å². The number of carbonyl (C=O) groups is 1. The molecule has 3 nitrogen and oxygen atoms in total. The predicted octanol–water partition coefficient (Wildman–Crippen LogP) is 1.03. The number of likely N-dealkylation sites (tertiary alicyclic amines) is 1. The Morgan fingerprint density at radius 3 is 2.50 bits per heavy atom. The molecule has 70 valence electrons. The van der Waals surface area contributed by atoms with Crippen LogP contribution in [0.3, 0.4) is 0 Å². The fraction of sp³-hybridized carbons (Fsp3) is 0.889. The Balaban J connectivity index is 2.68. The summed E-state index contributed by atoms with van der Waals surface area (Å²) in [6, 6.07) is 0.312. The van der Waals surface area contributed by atoms with Crippen LogP contribution in [-0.4, -0.2) is 36.1 Å². The molecule has 0 aliphatic carbocycles. The van der Waals surface area contributed by atoms with Gasteiger partial charge < -0.3 is 9.64 Å². The average molecular weight is 171 g/mol. The molecule has 1 rings (SSSR count). The number of methoxy groups -OCH3 is 1. The fourth-order valence-corrected chi connectivity index (χ4v) is 1.89. The van der Waals surface area contributed by atoms with Crippen molar-refractivity contribution in [2.75, 3.05) is 13.7 Å². The number of hydrogen-bond donors (Lipinski definition) is 0. The average Bonchev–Trinajstić information content (AvgIpc) is 2.28. The van der Waals surface area contributed by atoms with Gasteiger partial charge in [-0.25, -0.2) is 0 Å². The van der Waals surface area contributed by atoms with Crippen molar-refractivity contribution in [3.05, 3.63) is 0 Å². The number of rotatable bonds is 1. The lowest BCUT2D eigenvalue weighted by molar-refractivity contribution is -0.130. The van der Waals surface area contributed by atoms with E-state index in [2.05, 4.69) is 6.92 Å². The lowest BCUT2D eigenvalue weighted by atomic mass is 10.0. The van der Waals surface area contributed by atoms with Gasteiger partial charge in [0.1, 0.15) is 0 Å². The van der Waals surface area contributed by atoms with Crippen LogP contribution in [0, 0.1) is 0 Å². The maximum absolute atomic E-state index is 11.1. The first-order valence-electron chi connectivity index (χ1n) is 4.31. The van der Waals surface area contributed by atoms with Gasteiger partial charge in [-0.2, -0.15) is 0 Å². The lowest BCUT2D eigenvalue weighted by Gasteiger charge is -2.22. The number of carbonyl (C=O) groups excluding carboxylic acids is 1. The zero-order valence-corrected chi connectivity index (χ0v) is 8.26. The summed E-state index contributed by atoms with van der Waals surface area (Å²) in [5, 5.41) is 0. The summed E-state index contributed by atoms with van der Waals surface area (Å²) >= 11 is 0. The summed E-state index contributed by atoms with van der Waals surface area (Å²) in [7, 11) is 1.70. The van der Waals surface area contributed by atoms with Crippen molar-refractivity contribution in [1.82, 2.24) is 4.90 Å². The molecule has 1 heterocycles. The van der Waals surface area contributed by atoms with E-state index < -0.39 is 0 Å². The Hall–Kier alpha value is -0.570. The minimum absolute atomic E-state index is 0.134. The molecule has 1 unspecified atom stereocenters. The van der Waals surface area contributed by atoms with E-state index in [1.54, 1.807) is 14.0 Å². The van der Waals surface area contributed by atoms with E-state index in [1.165, 1.54) is 0 Å². The molecule has 1 aliphatic heterocycles. The van der Waals surface area contributed by atoms with E-state index >= 15 is 0 Å². The highest BCUT2D eigenvalue weighted by Crippen LogP contribution is 2.29. The predicted molar refractivity (Wildman–Crippen MR) is 46.9 cm³/mol. The zero-order valence-electron chi connectivity index (χ0n) is 8.26. The molecule has 1 aliphatic rings. The van der Waals surface area contributed by atoms with Crippen LogP contribution in [0.25, 0.3) is 0 Å². The van der Waals surface area contributed by atoms with Crippen molar-refractivity contribution < 1.29 is 9.53 Å². The number of ether oxygens (including phenoxy) is 1. The third-order valence-electron chi connectivity index (χ3n) is 2.66. The minimum atomic E-state index is -0.134. The molecule has 12 heavy (non-hydrogen) atoms. The van der Waals surface area contributed by atoms with Crippen molar-refractivity contribution in [3.63, 3.8) is 0 Å². The molecule has 0 saturated carbocycles. The number of hydrogen-bond acceptors (Lipinski definition) is 2. The molecule has 1 fully saturated rings. The summed E-state index contributed by atoms with van der Waals surface area (Å²) in [6.07, 6.45) is 0.934. The van der Waals surface area contributed by atoms with Gasteiger partial charge in [-0.1, -0.05) is 0 Å². The van der Waals surface area contributed by atoms with E-state index in [4.69, 9.17) is 4.74 Å². The smallest absolute Gasteiger partial charge is 0.219 e. The summed E-state index contributed by atoms with van der Waals surface area (Å²) in [6.45, 7) is 6.44. The van der Waals surface area contributed by atoms with Gasteiger partial charge in [0.25, 0.3) is 0 Å². The van der Waals surface area contributed by atoms with Crippen LogP contribution in [0.15, 0.2) is 0 Å². The molecule has 0 aromatic rings. The van der Waals surface area contributed by atoms with Crippen molar-refractivity contribution >= 4 is 5.91 Å². The summed E-state index contributed by atoms with van der Waals surface area (Å²) in [5.41, 5.74) is -0.134. The van der Waals surface area contributed by atoms with Crippen LogP contribution in [0.4, 0.5) is 0 Å². The largest absolute Gasteiger partial charge is 0.377 e. The second kappa shape index (κ2) is 3.05. The van der Waals surface area contributed by atoms with E-state index in [1.807, 2.05) is 11.8 Å². The molecular formula is C9H17NO2. The Labute approximate surface area is 73.7 Å². The van der Waals surface area contributed by atoms with Crippen LogP contribution >= 0.6 is 0 Å². The second-order valence-electron chi connectivity index (χ2n) is 3.85. The summed E-state index contributed by atoms with van der Waals surface area (Å²) in [5.74, 6) is 0.142. The van der Waals surface area contributed by atoms with Crippen molar-refractivity contribution in [1.29, 1.82) is 0 Å². The van der Waals surface area contributed by atoms with Crippen LogP contribution in [0.2, 0.25) is 0 Å². The Kier molecular flexibility index (Phi) is 2.42. The molecule has 0 spiro atoms. The Bertz CT molecular complexity index is 193. The van der Waals surface area contributed by atoms with Gasteiger partial charge in [-0.3, -0.25) is 4.79 Å². The first kappa shape index (κ1) is 9.52. The molecule has 0 bridgehead atoms. The molecule has 0 aromatic heterocycles. The first-order chi connectivity index (χ1) is 5.48. The standard InChI is InChI=1S/C9H17NO2/c1-7-5-9(3,12-4)6-10(7)8(2)11/h7H,5-6H2,1-4H3/t7?,9-/m1/s1. The highest BCUT2D eigenvalue weighted by molar-refractivity contribution is 5.74. The highest BCUT2D eigenvalue weighted by atomic mass is 16.5. The van der Waals surface area contributed by atoms with Crippen molar-refractivity contribution in [3.8, 4) is 0 Å². The molecular weight excluding hydrogens is 154 g/mol. The van der Waals surface area contributed by atoms with E-state index in [9.17, 15) is 4.79 Å². The number of nitrogens with zero attached hydrogens (tertiary/aromatic N) is 1. The van der Waals surface area contributed by atoms with Gasteiger partial charge in [-0.05, 0) is 20.3 Å². The second-order valence-corrected chi connectivity index (χ2v) is 3.85. The third kappa shape index (κ3) is 1.61. The van der Waals surface area contributed by atoms with Crippen LogP contribution in [0.1, 0.15) is 27.2 Å². The number of amides is 1. The zero-order chi connectivity index (χ0) is 9.35.